The van der Waals surface area contributed by atoms with E-state index in [2.05, 4.69) is 15.3 Å². The number of hydrogen-bond donors (Lipinski definition) is 1. The molecule has 2 aromatic heterocycles. The summed E-state index contributed by atoms with van der Waals surface area (Å²) in [6.45, 7) is 1.44. The highest BCUT2D eigenvalue weighted by Gasteiger charge is 2.15. The first-order valence-corrected chi connectivity index (χ1v) is 4.46. The highest BCUT2D eigenvalue weighted by Crippen LogP contribution is 2.11. The van der Waals surface area contributed by atoms with E-state index in [-0.39, 0.29) is 5.56 Å². The monoisotopic (exact) mass is 188 g/mol. The van der Waals surface area contributed by atoms with Gasteiger partial charge in [0.1, 0.15) is 0 Å². The molecule has 0 unspecified atom stereocenters. The van der Waals surface area contributed by atoms with Crippen molar-refractivity contribution in [2.45, 2.75) is 6.54 Å². The van der Waals surface area contributed by atoms with Crippen LogP contribution in [-0.4, -0.2) is 21.1 Å². The lowest BCUT2D eigenvalue weighted by Gasteiger charge is -2.02. The molecule has 14 heavy (non-hydrogen) atoms. The van der Waals surface area contributed by atoms with E-state index in [1.807, 2.05) is 0 Å². The molecule has 3 rings (SSSR count). The fourth-order valence-corrected chi connectivity index (χ4v) is 1.67. The summed E-state index contributed by atoms with van der Waals surface area (Å²) in [5, 5.41) is 3.06. The molecule has 5 nitrogen and oxygen atoms in total. The number of anilines is 1. The molecule has 1 aliphatic rings. The number of hydrogen-bond acceptors (Lipinski definition) is 4. The quantitative estimate of drug-likeness (QED) is 0.642. The minimum Gasteiger partial charge on any atom is -0.354 e. The van der Waals surface area contributed by atoms with Gasteiger partial charge in [-0.25, -0.2) is 9.97 Å². The summed E-state index contributed by atoms with van der Waals surface area (Å²) >= 11 is 0. The molecule has 0 spiro atoms. The molecule has 0 aromatic carbocycles. The zero-order valence-corrected chi connectivity index (χ0v) is 7.40. The zero-order chi connectivity index (χ0) is 9.54. The SMILES string of the molecule is O=c1c2ncccc2nc2n1CCN2. The Hall–Kier alpha value is -1.91. The summed E-state index contributed by atoms with van der Waals surface area (Å²) in [7, 11) is 0. The molecule has 5 heteroatoms. The third-order valence-corrected chi connectivity index (χ3v) is 2.33. The van der Waals surface area contributed by atoms with E-state index in [1.54, 1.807) is 22.9 Å². The van der Waals surface area contributed by atoms with Crippen molar-refractivity contribution in [3.05, 3.63) is 28.7 Å². The van der Waals surface area contributed by atoms with Crippen LogP contribution in [0.4, 0.5) is 5.95 Å². The van der Waals surface area contributed by atoms with Crippen molar-refractivity contribution in [3.63, 3.8) is 0 Å². The molecule has 70 valence electrons. The van der Waals surface area contributed by atoms with E-state index in [0.29, 0.717) is 23.5 Å². The minimum atomic E-state index is -0.0596. The van der Waals surface area contributed by atoms with Crippen LogP contribution in [0.5, 0.6) is 0 Å². The van der Waals surface area contributed by atoms with Gasteiger partial charge in [-0.2, -0.15) is 0 Å². The van der Waals surface area contributed by atoms with Crippen LogP contribution in [0.2, 0.25) is 0 Å². The first-order valence-electron chi connectivity index (χ1n) is 4.46. The first kappa shape index (κ1) is 7.49. The highest BCUT2D eigenvalue weighted by atomic mass is 16.1. The molecular weight excluding hydrogens is 180 g/mol. The largest absolute Gasteiger partial charge is 0.354 e. The van der Waals surface area contributed by atoms with Crippen molar-refractivity contribution in [1.29, 1.82) is 0 Å². The lowest BCUT2D eigenvalue weighted by atomic mass is 10.3. The van der Waals surface area contributed by atoms with Crippen LogP contribution in [0.1, 0.15) is 0 Å². The van der Waals surface area contributed by atoms with Crippen molar-refractivity contribution in [3.8, 4) is 0 Å². The van der Waals surface area contributed by atoms with Crippen molar-refractivity contribution in [2.75, 3.05) is 11.9 Å². The highest BCUT2D eigenvalue weighted by molar-refractivity contribution is 5.74. The second-order valence-corrected chi connectivity index (χ2v) is 3.19. The van der Waals surface area contributed by atoms with Crippen LogP contribution >= 0.6 is 0 Å². The van der Waals surface area contributed by atoms with E-state index in [0.717, 1.165) is 6.54 Å². The number of pyridine rings is 1. The maximum absolute atomic E-state index is 11.8. The van der Waals surface area contributed by atoms with Crippen LogP contribution in [-0.2, 0) is 6.54 Å². The maximum Gasteiger partial charge on any atom is 0.281 e. The summed E-state index contributed by atoms with van der Waals surface area (Å²) in [6, 6.07) is 3.57. The van der Waals surface area contributed by atoms with E-state index >= 15 is 0 Å². The fraction of sp³-hybridized carbons (Fsp3) is 0.222. The summed E-state index contributed by atoms with van der Waals surface area (Å²) in [4.78, 5) is 20.2. The average molecular weight is 188 g/mol. The van der Waals surface area contributed by atoms with Gasteiger partial charge in [0.2, 0.25) is 5.95 Å². The second-order valence-electron chi connectivity index (χ2n) is 3.19. The number of fused-ring (bicyclic) bond motifs is 2. The van der Waals surface area contributed by atoms with Crippen LogP contribution in [0.15, 0.2) is 23.1 Å². The fourth-order valence-electron chi connectivity index (χ4n) is 1.67. The van der Waals surface area contributed by atoms with Crippen LogP contribution in [0.25, 0.3) is 11.0 Å². The van der Waals surface area contributed by atoms with Gasteiger partial charge in [-0.05, 0) is 12.1 Å². The zero-order valence-electron chi connectivity index (χ0n) is 7.40. The van der Waals surface area contributed by atoms with Gasteiger partial charge < -0.3 is 5.32 Å². The maximum atomic E-state index is 11.8. The molecule has 0 fully saturated rings. The van der Waals surface area contributed by atoms with Gasteiger partial charge in [-0.1, -0.05) is 0 Å². The van der Waals surface area contributed by atoms with E-state index in [9.17, 15) is 4.79 Å². The Bertz CT molecular complexity index is 560. The number of nitrogens with one attached hydrogen (secondary N) is 1. The third kappa shape index (κ3) is 0.863. The molecule has 0 saturated heterocycles. The Morgan fingerprint density at radius 2 is 2.43 bits per heavy atom. The topological polar surface area (TPSA) is 59.8 Å². The Morgan fingerprint density at radius 3 is 3.36 bits per heavy atom. The number of aromatic nitrogens is 3. The van der Waals surface area contributed by atoms with Gasteiger partial charge in [0.15, 0.2) is 5.52 Å². The van der Waals surface area contributed by atoms with Crippen molar-refractivity contribution in [1.82, 2.24) is 14.5 Å². The summed E-state index contributed by atoms with van der Waals surface area (Å²) in [5.74, 6) is 0.649. The second kappa shape index (κ2) is 2.54. The molecule has 0 amide bonds. The molecular formula is C9H8N4O. The molecule has 0 bridgehead atoms. The molecule has 1 aliphatic heterocycles. The molecule has 2 aromatic rings. The van der Waals surface area contributed by atoms with Gasteiger partial charge >= 0.3 is 0 Å². The lowest BCUT2D eigenvalue weighted by molar-refractivity contribution is 0.769. The molecule has 1 N–H and O–H groups in total. The van der Waals surface area contributed by atoms with Crippen LogP contribution < -0.4 is 10.9 Å². The average Bonchev–Trinajstić information content (AvgIpc) is 2.66. The number of nitrogens with zero attached hydrogens (tertiary/aromatic N) is 3. The smallest absolute Gasteiger partial charge is 0.281 e. The van der Waals surface area contributed by atoms with Crippen LogP contribution in [0, 0.1) is 0 Å². The Labute approximate surface area is 79.4 Å². The van der Waals surface area contributed by atoms with Crippen molar-refractivity contribution < 1.29 is 0 Å². The molecule has 0 atom stereocenters. The van der Waals surface area contributed by atoms with Crippen LogP contribution in [0.3, 0.4) is 0 Å². The Kier molecular flexibility index (Phi) is 1.36. The summed E-state index contributed by atoms with van der Waals surface area (Å²) in [6.07, 6.45) is 1.61. The van der Waals surface area contributed by atoms with Gasteiger partial charge in [-0.3, -0.25) is 9.36 Å². The summed E-state index contributed by atoms with van der Waals surface area (Å²) < 4.78 is 1.62. The van der Waals surface area contributed by atoms with Crippen molar-refractivity contribution >= 4 is 17.0 Å². The number of rotatable bonds is 0. The van der Waals surface area contributed by atoms with Gasteiger partial charge in [0, 0.05) is 19.3 Å². The van der Waals surface area contributed by atoms with Crippen molar-refractivity contribution in [2.24, 2.45) is 0 Å². The minimum absolute atomic E-state index is 0.0596. The summed E-state index contributed by atoms with van der Waals surface area (Å²) in [5.41, 5.74) is 1.04. The third-order valence-electron chi connectivity index (χ3n) is 2.33. The molecule has 3 heterocycles. The van der Waals surface area contributed by atoms with Gasteiger partial charge in [-0.15, -0.1) is 0 Å². The predicted octanol–water partition coefficient (Wildman–Crippen LogP) is 0.217. The van der Waals surface area contributed by atoms with Gasteiger partial charge in [0.25, 0.3) is 5.56 Å². The standard InChI is InChI=1S/C9H8N4O/c14-8-7-6(2-1-3-10-7)12-9-11-4-5-13(8)9/h1-3H,4-5H2,(H,11,12). The molecule has 0 saturated carbocycles. The Balaban J connectivity index is 2.50. The molecule has 0 aliphatic carbocycles. The van der Waals surface area contributed by atoms with E-state index in [1.165, 1.54) is 0 Å². The van der Waals surface area contributed by atoms with Gasteiger partial charge in [0.05, 0.1) is 5.52 Å². The predicted molar refractivity (Wildman–Crippen MR) is 52.3 cm³/mol. The Morgan fingerprint density at radius 1 is 1.50 bits per heavy atom. The molecule has 0 radical (unpaired) electrons. The first-order chi connectivity index (χ1) is 6.86. The van der Waals surface area contributed by atoms with E-state index in [4.69, 9.17) is 0 Å². The van der Waals surface area contributed by atoms with E-state index < -0.39 is 0 Å². The normalized spacial score (nSPS) is 14.0. The lowest BCUT2D eigenvalue weighted by Crippen LogP contribution is -2.19.